The van der Waals surface area contributed by atoms with Crippen molar-refractivity contribution in [2.75, 3.05) is 0 Å². The van der Waals surface area contributed by atoms with E-state index in [1.165, 1.54) is 0 Å². The smallest absolute Gasteiger partial charge is 0.188 e. The number of ether oxygens (including phenoxy) is 1. The van der Waals surface area contributed by atoms with E-state index in [2.05, 4.69) is 0 Å². The second kappa shape index (κ2) is 8.57. The van der Waals surface area contributed by atoms with E-state index in [-0.39, 0.29) is 38.6 Å². The van der Waals surface area contributed by atoms with Crippen molar-refractivity contribution in [1.29, 1.82) is 0 Å². The van der Waals surface area contributed by atoms with Gasteiger partial charge >= 0.3 is 0 Å². The largest absolute Gasteiger partial charge is 0.488 e. The van der Waals surface area contributed by atoms with Gasteiger partial charge < -0.3 is 4.74 Å². The van der Waals surface area contributed by atoms with E-state index in [4.69, 9.17) is 27.9 Å². The Labute approximate surface area is 160 Å². The Morgan fingerprint density at radius 3 is 2.00 bits per heavy atom. The molecule has 2 aromatic carbocycles. The SMILES string of the molecule is CC(C)(C)Oc1ccc(PC(=O)c2c(Cl)cccc2Cl)cc1.[Li]. The van der Waals surface area contributed by atoms with Crippen molar-refractivity contribution in [3.63, 3.8) is 0 Å². The maximum absolute atomic E-state index is 12.4. The molecule has 1 unspecified atom stereocenters. The number of hydrogen-bond acceptors (Lipinski definition) is 2. The Kier molecular flexibility index (Phi) is 7.66. The Hall–Kier alpha value is -0.483. The monoisotopic (exact) mass is 361 g/mol. The summed E-state index contributed by atoms with van der Waals surface area (Å²) in [4.78, 5) is 12.4. The van der Waals surface area contributed by atoms with Gasteiger partial charge in [0.05, 0.1) is 15.6 Å². The molecule has 0 spiro atoms. The summed E-state index contributed by atoms with van der Waals surface area (Å²) in [6.07, 6.45) is 0. The maximum Gasteiger partial charge on any atom is 0.188 e. The molecule has 117 valence electrons. The first-order valence-electron chi connectivity index (χ1n) is 6.81. The predicted molar refractivity (Wildman–Crippen MR) is 101 cm³/mol. The number of carbonyl (C=O) groups is 1. The zero-order chi connectivity index (χ0) is 16.3. The molecule has 0 aromatic heterocycles. The Morgan fingerprint density at radius 1 is 1.00 bits per heavy atom. The van der Waals surface area contributed by atoms with Crippen molar-refractivity contribution in [3.8, 4) is 5.75 Å². The number of carbonyl (C=O) groups excluding carboxylic acids is 1. The molecule has 0 heterocycles. The minimum absolute atomic E-state index is 0. The first-order valence-corrected chi connectivity index (χ1v) is 8.56. The Balaban J connectivity index is 0.00000264. The van der Waals surface area contributed by atoms with Gasteiger partial charge in [0, 0.05) is 18.9 Å². The third-order valence-corrected chi connectivity index (χ3v) is 4.46. The van der Waals surface area contributed by atoms with Crippen LogP contribution in [0.4, 0.5) is 0 Å². The Bertz CT molecular complexity index is 662. The zero-order valence-electron chi connectivity index (χ0n) is 13.6. The summed E-state index contributed by atoms with van der Waals surface area (Å²) >= 11 is 12.1. The first kappa shape index (κ1) is 20.6. The average molecular weight is 362 g/mol. The molecule has 2 rings (SSSR count). The van der Waals surface area contributed by atoms with Gasteiger partial charge in [-0.25, -0.2) is 0 Å². The molecule has 0 fully saturated rings. The van der Waals surface area contributed by atoms with E-state index in [0.29, 0.717) is 15.6 Å². The van der Waals surface area contributed by atoms with Crippen LogP contribution in [0.1, 0.15) is 31.1 Å². The van der Waals surface area contributed by atoms with Crippen molar-refractivity contribution >= 4 is 61.5 Å². The molecule has 2 nitrogen and oxygen atoms in total. The van der Waals surface area contributed by atoms with Crippen molar-refractivity contribution in [2.45, 2.75) is 26.4 Å². The minimum Gasteiger partial charge on any atom is -0.488 e. The van der Waals surface area contributed by atoms with E-state index >= 15 is 0 Å². The number of rotatable bonds is 4. The van der Waals surface area contributed by atoms with Gasteiger partial charge in [-0.1, -0.05) is 41.4 Å². The predicted octanol–water partition coefficient (Wildman–Crippen LogP) is 4.93. The van der Waals surface area contributed by atoms with Crippen molar-refractivity contribution in [2.24, 2.45) is 0 Å². The van der Waals surface area contributed by atoms with Gasteiger partial charge in [0.2, 0.25) is 0 Å². The molecule has 0 aliphatic rings. The van der Waals surface area contributed by atoms with E-state index in [9.17, 15) is 4.79 Å². The molecule has 23 heavy (non-hydrogen) atoms. The summed E-state index contributed by atoms with van der Waals surface area (Å²) in [5.41, 5.74) is 0.0734. The van der Waals surface area contributed by atoms with Gasteiger partial charge in [-0.05, 0) is 58.9 Å². The molecule has 0 N–H and O–H groups in total. The second-order valence-electron chi connectivity index (χ2n) is 5.79. The fourth-order valence-corrected chi connectivity index (χ4v) is 3.59. The Morgan fingerprint density at radius 2 is 1.52 bits per heavy atom. The van der Waals surface area contributed by atoms with E-state index < -0.39 is 0 Å². The minimum atomic E-state index is -0.245. The normalized spacial score (nSPS) is 11.3. The van der Waals surface area contributed by atoms with Crippen LogP contribution in [-0.2, 0) is 0 Å². The van der Waals surface area contributed by atoms with Crippen molar-refractivity contribution in [1.82, 2.24) is 0 Å². The van der Waals surface area contributed by atoms with Crippen LogP contribution in [0, 0.1) is 0 Å². The molecule has 1 radical (unpaired) electrons. The van der Waals surface area contributed by atoms with Crippen LogP contribution in [0.25, 0.3) is 0 Å². The molecule has 0 saturated heterocycles. The third-order valence-electron chi connectivity index (χ3n) is 2.73. The van der Waals surface area contributed by atoms with Crippen LogP contribution in [0.2, 0.25) is 10.0 Å². The van der Waals surface area contributed by atoms with Gasteiger partial charge in [0.15, 0.2) is 5.52 Å². The van der Waals surface area contributed by atoms with Crippen molar-refractivity contribution in [3.05, 3.63) is 58.1 Å². The van der Waals surface area contributed by atoms with Gasteiger partial charge in [0.1, 0.15) is 11.4 Å². The van der Waals surface area contributed by atoms with Crippen LogP contribution in [0.3, 0.4) is 0 Å². The molecule has 0 aliphatic heterocycles. The first-order chi connectivity index (χ1) is 10.3. The zero-order valence-corrected chi connectivity index (χ0v) is 16.1. The molecule has 1 atom stereocenters. The molecule has 0 amide bonds. The summed E-state index contributed by atoms with van der Waals surface area (Å²) < 4.78 is 5.76. The van der Waals surface area contributed by atoms with Crippen LogP contribution in [-0.4, -0.2) is 30.0 Å². The van der Waals surface area contributed by atoms with Gasteiger partial charge in [-0.2, -0.15) is 0 Å². The fourth-order valence-electron chi connectivity index (χ4n) is 1.87. The summed E-state index contributed by atoms with van der Waals surface area (Å²) in [5, 5.41) is 1.69. The van der Waals surface area contributed by atoms with Crippen LogP contribution >= 0.6 is 31.8 Å². The molecule has 0 saturated carbocycles. The quantitative estimate of drug-likeness (QED) is 0.569. The number of hydrogen-bond donors (Lipinski definition) is 0. The van der Waals surface area contributed by atoms with Crippen LogP contribution in [0.5, 0.6) is 5.75 Å². The summed E-state index contributed by atoms with van der Waals surface area (Å²) in [5.74, 6) is 0.782. The van der Waals surface area contributed by atoms with Gasteiger partial charge in [-0.15, -0.1) is 0 Å². The fraction of sp³-hybridized carbons (Fsp3) is 0.235. The average Bonchev–Trinajstić information content (AvgIpc) is 2.39. The van der Waals surface area contributed by atoms with Crippen LogP contribution in [0.15, 0.2) is 42.5 Å². The molecule has 0 aliphatic carbocycles. The molecule has 6 heteroatoms. The summed E-state index contributed by atoms with van der Waals surface area (Å²) in [6, 6.07) is 12.6. The van der Waals surface area contributed by atoms with E-state index in [0.717, 1.165) is 11.1 Å². The number of halogens is 2. The second-order valence-corrected chi connectivity index (χ2v) is 7.89. The topological polar surface area (TPSA) is 26.3 Å². The summed E-state index contributed by atoms with van der Waals surface area (Å²) in [7, 11) is -0.0304. The van der Waals surface area contributed by atoms with Crippen molar-refractivity contribution < 1.29 is 9.53 Å². The van der Waals surface area contributed by atoms with Gasteiger partial charge in [0.25, 0.3) is 0 Å². The van der Waals surface area contributed by atoms with E-state index in [1.54, 1.807) is 18.2 Å². The third kappa shape index (κ3) is 6.15. The van der Waals surface area contributed by atoms with Crippen LogP contribution < -0.4 is 10.0 Å². The standard InChI is InChI=1S/C17H17Cl2O2P.Li/c1-17(2,3)21-11-7-9-12(10-8-11)22-16(20)15-13(18)5-4-6-14(15)19;/h4-10,22H,1-3H3;. The molecular weight excluding hydrogens is 345 g/mol. The van der Waals surface area contributed by atoms with E-state index in [1.807, 2.05) is 45.0 Å². The maximum atomic E-state index is 12.4. The molecular formula is C17H17Cl2LiO2P. The molecule has 2 aromatic rings. The molecule has 0 bridgehead atoms. The summed E-state index contributed by atoms with van der Waals surface area (Å²) in [6.45, 7) is 5.97. The van der Waals surface area contributed by atoms with Gasteiger partial charge in [-0.3, -0.25) is 4.79 Å². The number of benzene rings is 2.